The first-order valence-corrected chi connectivity index (χ1v) is 6.93. The Hall–Kier alpha value is -1.51. The van der Waals surface area contributed by atoms with Crippen LogP contribution in [0.3, 0.4) is 0 Å². The first kappa shape index (κ1) is 15.5. The molecule has 0 radical (unpaired) electrons. The molecule has 0 saturated carbocycles. The summed E-state index contributed by atoms with van der Waals surface area (Å²) in [4.78, 5) is 11.7. The van der Waals surface area contributed by atoms with Crippen LogP contribution in [0.15, 0.2) is 24.3 Å². The van der Waals surface area contributed by atoms with E-state index in [-0.39, 0.29) is 5.97 Å². The number of carbonyl (C=O) groups excluding carboxylic acids is 1. The van der Waals surface area contributed by atoms with Crippen LogP contribution < -0.4 is 4.74 Å². The highest BCUT2D eigenvalue weighted by molar-refractivity contribution is 5.74. The van der Waals surface area contributed by atoms with Crippen molar-refractivity contribution in [3.63, 3.8) is 0 Å². The number of unbranched alkanes of at least 4 members (excludes halogenated alkanes) is 1. The molecule has 0 N–H and O–H groups in total. The number of hydrogen-bond acceptors (Lipinski definition) is 3. The van der Waals surface area contributed by atoms with Gasteiger partial charge in [0.25, 0.3) is 0 Å². The lowest BCUT2D eigenvalue weighted by atomic mass is 10.0. The Balaban J connectivity index is 2.69. The van der Waals surface area contributed by atoms with Gasteiger partial charge in [-0.15, -0.1) is 0 Å². The predicted octanol–water partition coefficient (Wildman–Crippen LogP) is 3.92. The van der Waals surface area contributed by atoms with Crippen LogP contribution in [-0.4, -0.2) is 19.2 Å². The van der Waals surface area contributed by atoms with Crippen LogP contribution in [0.1, 0.15) is 51.5 Å². The van der Waals surface area contributed by atoms with Crippen molar-refractivity contribution in [2.24, 2.45) is 0 Å². The summed E-state index contributed by atoms with van der Waals surface area (Å²) in [6.07, 6.45) is 2.16. The average molecular weight is 264 g/mol. The smallest absolute Gasteiger partial charge is 0.347 e. The van der Waals surface area contributed by atoms with Crippen molar-refractivity contribution in [3.05, 3.63) is 29.8 Å². The molecule has 106 valence electrons. The molecule has 19 heavy (non-hydrogen) atoms. The normalized spacial score (nSPS) is 12.3. The largest absolute Gasteiger partial charge is 0.479 e. The van der Waals surface area contributed by atoms with Crippen molar-refractivity contribution in [2.75, 3.05) is 7.11 Å². The molecule has 3 nitrogen and oxygen atoms in total. The molecule has 1 unspecified atom stereocenters. The number of hydrogen-bond donors (Lipinski definition) is 0. The molecule has 0 fully saturated rings. The Morgan fingerprint density at radius 3 is 2.32 bits per heavy atom. The molecule has 0 saturated heterocycles. The lowest BCUT2D eigenvalue weighted by Crippen LogP contribution is -2.28. The Morgan fingerprint density at radius 1 is 1.21 bits per heavy atom. The molecule has 0 spiro atoms. The maximum atomic E-state index is 11.7. The van der Waals surface area contributed by atoms with Crippen molar-refractivity contribution in [3.8, 4) is 5.75 Å². The summed E-state index contributed by atoms with van der Waals surface area (Å²) < 4.78 is 10.5. The second kappa shape index (κ2) is 7.82. The summed E-state index contributed by atoms with van der Waals surface area (Å²) in [7, 11) is 1.40. The van der Waals surface area contributed by atoms with Crippen LogP contribution in [0.25, 0.3) is 0 Å². The minimum absolute atomic E-state index is 0.304. The number of ether oxygens (including phenoxy) is 2. The fraction of sp³-hybridized carbons (Fsp3) is 0.562. The molecule has 1 atom stereocenters. The molecule has 0 amide bonds. The Morgan fingerprint density at radius 2 is 1.84 bits per heavy atom. The topological polar surface area (TPSA) is 35.5 Å². The fourth-order valence-corrected chi connectivity index (χ4v) is 1.84. The van der Waals surface area contributed by atoms with E-state index < -0.39 is 6.10 Å². The molecule has 0 bridgehead atoms. The number of esters is 1. The van der Waals surface area contributed by atoms with E-state index in [0.29, 0.717) is 12.3 Å². The van der Waals surface area contributed by atoms with Crippen LogP contribution in [0, 0.1) is 0 Å². The van der Waals surface area contributed by atoms with E-state index in [0.717, 1.165) is 18.6 Å². The maximum absolute atomic E-state index is 11.7. The van der Waals surface area contributed by atoms with Gasteiger partial charge in [0.05, 0.1) is 7.11 Å². The lowest BCUT2D eigenvalue weighted by Gasteiger charge is -2.17. The van der Waals surface area contributed by atoms with Gasteiger partial charge in [0.1, 0.15) is 5.75 Å². The second-order valence-electron chi connectivity index (χ2n) is 5.00. The highest BCUT2D eigenvalue weighted by Crippen LogP contribution is 2.20. The lowest BCUT2D eigenvalue weighted by molar-refractivity contribution is -0.149. The van der Waals surface area contributed by atoms with E-state index in [1.165, 1.54) is 12.7 Å². The van der Waals surface area contributed by atoms with E-state index >= 15 is 0 Å². The first-order chi connectivity index (χ1) is 9.08. The van der Waals surface area contributed by atoms with E-state index in [4.69, 9.17) is 9.47 Å². The van der Waals surface area contributed by atoms with Crippen LogP contribution >= 0.6 is 0 Å². The van der Waals surface area contributed by atoms with Crippen molar-refractivity contribution >= 4 is 5.97 Å². The highest BCUT2D eigenvalue weighted by Gasteiger charge is 2.20. The second-order valence-corrected chi connectivity index (χ2v) is 5.00. The zero-order valence-electron chi connectivity index (χ0n) is 12.3. The summed E-state index contributed by atoms with van der Waals surface area (Å²) in [5, 5.41) is 0. The van der Waals surface area contributed by atoms with E-state index in [1.54, 1.807) is 0 Å². The molecule has 0 aliphatic carbocycles. The molecule has 3 heteroatoms. The Labute approximate surface area is 115 Å². The van der Waals surface area contributed by atoms with Crippen molar-refractivity contribution in [2.45, 2.75) is 52.1 Å². The predicted molar refractivity (Wildman–Crippen MR) is 76.5 cm³/mol. The van der Waals surface area contributed by atoms with E-state index in [9.17, 15) is 4.79 Å². The van der Waals surface area contributed by atoms with Crippen molar-refractivity contribution in [1.82, 2.24) is 0 Å². The molecule has 0 aliphatic rings. The van der Waals surface area contributed by atoms with E-state index in [2.05, 4.69) is 20.8 Å². The van der Waals surface area contributed by atoms with Gasteiger partial charge in [-0.05, 0) is 36.5 Å². The SMILES string of the molecule is CCCCC(Oc1ccc(C(C)C)cc1)C(=O)OC. The number of rotatable bonds is 7. The molecule has 0 aliphatic heterocycles. The van der Waals surface area contributed by atoms with Crippen molar-refractivity contribution in [1.29, 1.82) is 0 Å². The van der Waals surface area contributed by atoms with Gasteiger partial charge >= 0.3 is 5.97 Å². The minimum Gasteiger partial charge on any atom is -0.479 e. The summed E-state index contributed by atoms with van der Waals surface area (Å²) in [5.41, 5.74) is 1.26. The molecular weight excluding hydrogens is 240 g/mol. The van der Waals surface area contributed by atoms with Gasteiger partial charge < -0.3 is 9.47 Å². The summed E-state index contributed by atoms with van der Waals surface area (Å²) in [6, 6.07) is 7.90. The van der Waals surface area contributed by atoms with Gasteiger partial charge in [0, 0.05) is 0 Å². The molecule has 1 aromatic rings. The van der Waals surface area contributed by atoms with Crippen LogP contribution in [0.5, 0.6) is 5.75 Å². The van der Waals surface area contributed by atoms with Crippen LogP contribution in [0.2, 0.25) is 0 Å². The summed E-state index contributed by atoms with van der Waals surface area (Å²) in [6.45, 7) is 6.38. The Kier molecular flexibility index (Phi) is 6.40. The average Bonchev–Trinajstić information content (AvgIpc) is 2.43. The van der Waals surface area contributed by atoms with Gasteiger partial charge in [-0.1, -0.05) is 39.3 Å². The van der Waals surface area contributed by atoms with Crippen LogP contribution in [-0.2, 0) is 9.53 Å². The third kappa shape index (κ3) is 4.93. The quantitative estimate of drug-likeness (QED) is 0.700. The first-order valence-electron chi connectivity index (χ1n) is 6.93. The molecule has 0 heterocycles. The fourth-order valence-electron chi connectivity index (χ4n) is 1.84. The van der Waals surface area contributed by atoms with Gasteiger partial charge in [-0.25, -0.2) is 4.79 Å². The molecule has 0 aromatic heterocycles. The van der Waals surface area contributed by atoms with E-state index in [1.807, 2.05) is 24.3 Å². The standard InChI is InChI=1S/C16H24O3/c1-5-6-7-15(16(17)18-4)19-14-10-8-13(9-11-14)12(2)3/h8-12,15H,5-7H2,1-4H3. The van der Waals surface area contributed by atoms with Gasteiger partial charge in [-0.2, -0.15) is 0 Å². The third-order valence-corrected chi connectivity index (χ3v) is 3.11. The number of benzene rings is 1. The zero-order valence-corrected chi connectivity index (χ0v) is 12.3. The Bertz CT molecular complexity index is 381. The maximum Gasteiger partial charge on any atom is 0.347 e. The highest BCUT2D eigenvalue weighted by atomic mass is 16.6. The number of methoxy groups -OCH3 is 1. The van der Waals surface area contributed by atoms with Gasteiger partial charge in [0.2, 0.25) is 0 Å². The number of carbonyl (C=O) groups is 1. The molecule has 1 rings (SSSR count). The summed E-state index contributed by atoms with van der Waals surface area (Å²) >= 11 is 0. The molecular formula is C16H24O3. The minimum atomic E-state index is -0.505. The monoisotopic (exact) mass is 264 g/mol. The summed E-state index contributed by atoms with van der Waals surface area (Å²) in [5.74, 6) is 0.905. The molecule has 1 aromatic carbocycles. The van der Waals surface area contributed by atoms with Gasteiger partial charge in [-0.3, -0.25) is 0 Å². The van der Waals surface area contributed by atoms with Gasteiger partial charge in [0.15, 0.2) is 6.10 Å². The third-order valence-electron chi connectivity index (χ3n) is 3.11. The van der Waals surface area contributed by atoms with Crippen LogP contribution in [0.4, 0.5) is 0 Å². The zero-order chi connectivity index (χ0) is 14.3. The van der Waals surface area contributed by atoms with Crippen molar-refractivity contribution < 1.29 is 14.3 Å².